The van der Waals surface area contributed by atoms with Crippen molar-refractivity contribution >= 4 is 22.5 Å². The Hall–Kier alpha value is -2.85. The third-order valence-corrected chi connectivity index (χ3v) is 5.56. The fourth-order valence-electron chi connectivity index (χ4n) is 3.21. The van der Waals surface area contributed by atoms with Gasteiger partial charge in [0.2, 0.25) is 0 Å². The predicted molar refractivity (Wildman–Crippen MR) is 113 cm³/mol. The Kier molecular flexibility index (Phi) is 5.35. The third-order valence-electron chi connectivity index (χ3n) is 4.55. The third kappa shape index (κ3) is 3.96. The zero-order chi connectivity index (χ0) is 18.5. The van der Waals surface area contributed by atoms with Gasteiger partial charge in [0, 0.05) is 18.7 Å². The Morgan fingerprint density at radius 1 is 0.889 bits per heavy atom. The van der Waals surface area contributed by atoms with E-state index in [2.05, 4.69) is 88.1 Å². The highest BCUT2D eigenvalue weighted by Gasteiger charge is 2.13. The first-order chi connectivity index (χ1) is 13.3. The summed E-state index contributed by atoms with van der Waals surface area (Å²) < 4.78 is 2.16. The fraction of sp³-hybridized carbons (Fsp3) is 0.130. The molecule has 4 heteroatoms. The van der Waals surface area contributed by atoms with E-state index in [1.165, 1.54) is 21.9 Å². The quantitative estimate of drug-likeness (QED) is 0.317. The molecule has 4 rings (SSSR count). The van der Waals surface area contributed by atoms with Crippen LogP contribution in [-0.4, -0.2) is 14.8 Å². The minimum absolute atomic E-state index is 0.715. The van der Waals surface area contributed by atoms with Crippen molar-refractivity contribution in [3.05, 3.63) is 102 Å². The Morgan fingerprint density at radius 2 is 1.67 bits per heavy atom. The summed E-state index contributed by atoms with van der Waals surface area (Å²) >= 11 is 1.73. The molecule has 3 nitrogen and oxygen atoms in total. The van der Waals surface area contributed by atoms with Crippen molar-refractivity contribution in [3.63, 3.8) is 0 Å². The highest BCUT2D eigenvalue weighted by molar-refractivity contribution is 7.98. The lowest BCUT2D eigenvalue weighted by molar-refractivity contribution is 0.690. The molecule has 0 saturated heterocycles. The van der Waals surface area contributed by atoms with Gasteiger partial charge in [-0.25, -0.2) is 0 Å². The van der Waals surface area contributed by atoms with Gasteiger partial charge in [0.1, 0.15) is 5.82 Å². The maximum absolute atomic E-state index is 4.45. The van der Waals surface area contributed by atoms with E-state index in [1.54, 1.807) is 11.8 Å². The second-order valence-corrected chi connectivity index (χ2v) is 7.33. The number of fused-ring (bicyclic) bond motifs is 1. The Bertz CT molecular complexity index is 1050. The zero-order valence-electron chi connectivity index (χ0n) is 15.1. The molecule has 0 atom stereocenters. The molecule has 0 radical (unpaired) electrons. The topological polar surface area (TPSA) is 30.7 Å². The largest absolute Gasteiger partial charge is 0.302 e. The fourth-order valence-corrected chi connectivity index (χ4v) is 4.18. The molecule has 0 amide bonds. The highest BCUT2D eigenvalue weighted by atomic mass is 32.2. The molecule has 0 fully saturated rings. The van der Waals surface area contributed by atoms with E-state index in [0.29, 0.717) is 6.54 Å². The lowest BCUT2D eigenvalue weighted by Gasteiger charge is -2.09. The maximum Gasteiger partial charge on any atom is 0.191 e. The summed E-state index contributed by atoms with van der Waals surface area (Å²) in [6.07, 6.45) is 2.68. The maximum atomic E-state index is 4.45. The molecule has 0 aliphatic rings. The number of aromatic nitrogens is 3. The number of thioether (sulfide) groups is 1. The Labute approximate surface area is 163 Å². The Morgan fingerprint density at radius 3 is 2.52 bits per heavy atom. The van der Waals surface area contributed by atoms with Crippen molar-refractivity contribution in [2.75, 3.05) is 0 Å². The number of rotatable bonds is 7. The number of hydrogen-bond acceptors (Lipinski definition) is 3. The molecule has 0 N–H and O–H groups in total. The second kappa shape index (κ2) is 8.23. The normalized spacial score (nSPS) is 11.0. The van der Waals surface area contributed by atoms with Crippen LogP contribution >= 0.6 is 11.8 Å². The van der Waals surface area contributed by atoms with Crippen molar-refractivity contribution in [2.24, 2.45) is 0 Å². The van der Waals surface area contributed by atoms with Crippen molar-refractivity contribution in [1.29, 1.82) is 0 Å². The second-order valence-electron chi connectivity index (χ2n) is 6.39. The van der Waals surface area contributed by atoms with Crippen LogP contribution in [0.2, 0.25) is 0 Å². The molecular weight excluding hydrogens is 350 g/mol. The van der Waals surface area contributed by atoms with Gasteiger partial charge in [-0.1, -0.05) is 90.6 Å². The van der Waals surface area contributed by atoms with Gasteiger partial charge in [-0.05, 0) is 21.9 Å². The van der Waals surface area contributed by atoms with Crippen molar-refractivity contribution in [2.45, 2.75) is 23.9 Å². The van der Waals surface area contributed by atoms with Crippen molar-refractivity contribution in [3.8, 4) is 0 Å². The van der Waals surface area contributed by atoms with E-state index in [-0.39, 0.29) is 0 Å². The molecule has 0 bridgehead atoms. The van der Waals surface area contributed by atoms with E-state index >= 15 is 0 Å². The van der Waals surface area contributed by atoms with Crippen LogP contribution in [0.1, 0.15) is 17.0 Å². The molecule has 3 aromatic carbocycles. The van der Waals surface area contributed by atoms with Gasteiger partial charge in [0.05, 0.1) is 0 Å². The van der Waals surface area contributed by atoms with E-state index in [0.717, 1.165) is 23.2 Å². The minimum atomic E-state index is 0.715. The summed E-state index contributed by atoms with van der Waals surface area (Å²) in [4.78, 5) is 0. The molecule has 0 aliphatic carbocycles. The molecule has 0 spiro atoms. The van der Waals surface area contributed by atoms with Crippen LogP contribution in [0.5, 0.6) is 0 Å². The number of allylic oxidation sites excluding steroid dienone is 1. The summed E-state index contributed by atoms with van der Waals surface area (Å²) in [6, 6.07) is 25.4. The predicted octanol–water partition coefficient (Wildman–Crippen LogP) is 5.50. The van der Waals surface area contributed by atoms with E-state index in [1.807, 2.05) is 12.1 Å². The molecule has 1 heterocycles. The highest BCUT2D eigenvalue weighted by Crippen LogP contribution is 2.27. The van der Waals surface area contributed by atoms with Gasteiger partial charge in [0.25, 0.3) is 0 Å². The van der Waals surface area contributed by atoms with Gasteiger partial charge in [-0.3, -0.25) is 0 Å². The summed E-state index contributed by atoms with van der Waals surface area (Å²) in [6.45, 7) is 4.61. The summed E-state index contributed by atoms with van der Waals surface area (Å²) in [7, 11) is 0. The van der Waals surface area contributed by atoms with E-state index < -0.39 is 0 Å². The van der Waals surface area contributed by atoms with Gasteiger partial charge in [-0.2, -0.15) is 0 Å². The molecule has 27 heavy (non-hydrogen) atoms. The standard InChI is InChI=1S/C23H21N3S/c1-2-15-26-22(16-18-9-4-3-5-10-18)24-25-23(26)27-17-20-13-8-12-19-11-6-7-14-21(19)20/h2-14H,1,15-17H2. The lowest BCUT2D eigenvalue weighted by Crippen LogP contribution is -2.04. The molecule has 4 aromatic rings. The molecule has 0 saturated carbocycles. The van der Waals surface area contributed by atoms with Crippen LogP contribution in [0.15, 0.2) is 90.6 Å². The van der Waals surface area contributed by atoms with Crippen LogP contribution in [0.25, 0.3) is 10.8 Å². The first-order valence-electron chi connectivity index (χ1n) is 9.01. The van der Waals surface area contributed by atoms with Crippen molar-refractivity contribution in [1.82, 2.24) is 14.8 Å². The van der Waals surface area contributed by atoms with Crippen molar-refractivity contribution < 1.29 is 0 Å². The van der Waals surface area contributed by atoms with Crippen LogP contribution in [0.4, 0.5) is 0 Å². The first-order valence-corrected chi connectivity index (χ1v) is 10.00. The summed E-state index contributed by atoms with van der Waals surface area (Å²) in [5.41, 5.74) is 2.55. The molecule has 0 unspecified atom stereocenters. The first kappa shape index (κ1) is 17.6. The molecule has 0 aliphatic heterocycles. The van der Waals surface area contributed by atoms with E-state index in [4.69, 9.17) is 0 Å². The minimum Gasteiger partial charge on any atom is -0.302 e. The average molecular weight is 372 g/mol. The van der Waals surface area contributed by atoms with Crippen LogP contribution < -0.4 is 0 Å². The molecule has 134 valence electrons. The smallest absolute Gasteiger partial charge is 0.191 e. The lowest BCUT2D eigenvalue weighted by atomic mass is 10.1. The van der Waals surface area contributed by atoms with Crippen LogP contribution in [0.3, 0.4) is 0 Å². The molecule has 1 aromatic heterocycles. The monoisotopic (exact) mass is 371 g/mol. The number of benzene rings is 3. The summed E-state index contributed by atoms with van der Waals surface area (Å²) in [5.74, 6) is 1.84. The number of hydrogen-bond donors (Lipinski definition) is 0. The van der Waals surface area contributed by atoms with Gasteiger partial charge in [0.15, 0.2) is 5.16 Å². The van der Waals surface area contributed by atoms with E-state index in [9.17, 15) is 0 Å². The summed E-state index contributed by atoms with van der Waals surface area (Å²) in [5, 5.41) is 12.4. The van der Waals surface area contributed by atoms with Gasteiger partial charge < -0.3 is 4.57 Å². The van der Waals surface area contributed by atoms with Gasteiger partial charge >= 0.3 is 0 Å². The Balaban J connectivity index is 1.57. The van der Waals surface area contributed by atoms with Crippen LogP contribution in [0, 0.1) is 0 Å². The average Bonchev–Trinajstić information content (AvgIpc) is 3.09. The number of nitrogens with zero attached hydrogens (tertiary/aromatic N) is 3. The van der Waals surface area contributed by atoms with Gasteiger partial charge in [-0.15, -0.1) is 16.8 Å². The molecular formula is C23H21N3S. The van der Waals surface area contributed by atoms with Crippen LogP contribution in [-0.2, 0) is 18.7 Å². The SMILES string of the molecule is C=CCn1c(Cc2ccccc2)nnc1SCc1cccc2ccccc12. The zero-order valence-corrected chi connectivity index (χ0v) is 15.9.